The zero-order chi connectivity index (χ0) is 11.9. The Morgan fingerprint density at radius 2 is 2.11 bits per heavy atom. The van der Waals surface area contributed by atoms with Crippen LogP contribution in [0.5, 0.6) is 0 Å². The van der Waals surface area contributed by atoms with E-state index in [1.54, 1.807) is 11.1 Å². The van der Waals surface area contributed by atoms with E-state index < -0.39 is 0 Å². The first kappa shape index (κ1) is 10.8. The third-order valence-electron chi connectivity index (χ3n) is 5.15. The molecule has 1 N–H and O–H groups in total. The van der Waals surface area contributed by atoms with Gasteiger partial charge in [-0.3, -0.25) is 0 Å². The van der Waals surface area contributed by atoms with E-state index in [-0.39, 0.29) is 0 Å². The van der Waals surface area contributed by atoms with Crippen LogP contribution in [0.4, 0.5) is 0 Å². The molecule has 1 heteroatoms. The first-order chi connectivity index (χ1) is 8.92. The van der Waals surface area contributed by atoms with Crippen LogP contribution >= 0.6 is 0 Å². The lowest BCUT2D eigenvalue weighted by Gasteiger charge is -2.43. The maximum atomic E-state index is 3.93. The number of fused-ring (bicyclic) bond motifs is 2. The van der Waals surface area contributed by atoms with Crippen LogP contribution in [0, 0.1) is 11.8 Å². The summed E-state index contributed by atoms with van der Waals surface area (Å²) < 4.78 is 0. The topological polar surface area (TPSA) is 12.0 Å². The fourth-order valence-electron chi connectivity index (χ4n) is 4.09. The summed E-state index contributed by atoms with van der Waals surface area (Å²) in [5.74, 6) is 1.79. The Morgan fingerprint density at radius 1 is 1.17 bits per heavy atom. The molecule has 0 bridgehead atoms. The summed E-state index contributed by atoms with van der Waals surface area (Å²) in [5.41, 5.74) is 3.13. The van der Waals surface area contributed by atoms with Gasteiger partial charge in [0.25, 0.3) is 0 Å². The minimum absolute atomic E-state index is 0.606. The molecular weight excluding hydrogens is 218 g/mol. The number of benzene rings is 1. The van der Waals surface area contributed by atoms with Crippen molar-refractivity contribution in [3.63, 3.8) is 0 Å². The fraction of sp³-hybridized carbons (Fsp3) is 0.529. The Morgan fingerprint density at radius 3 is 3.06 bits per heavy atom. The maximum Gasteiger partial charge on any atom is 0.0325 e. The number of allylic oxidation sites excluding steroid dienone is 1. The number of nitrogens with one attached hydrogen (secondary N) is 1. The third-order valence-corrected chi connectivity index (χ3v) is 5.15. The first-order valence-electron chi connectivity index (χ1n) is 7.42. The molecule has 0 heterocycles. The second kappa shape index (κ2) is 4.24. The van der Waals surface area contributed by atoms with Gasteiger partial charge in [0.05, 0.1) is 0 Å². The Kier molecular flexibility index (Phi) is 2.54. The van der Waals surface area contributed by atoms with E-state index in [4.69, 9.17) is 0 Å². The average molecular weight is 239 g/mol. The smallest absolute Gasteiger partial charge is 0.0325 e. The van der Waals surface area contributed by atoms with Gasteiger partial charge in [-0.25, -0.2) is 0 Å². The molecule has 0 spiro atoms. The van der Waals surface area contributed by atoms with Crippen molar-refractivity contribution in [1.29, 1.82) is 0 Å². The summed E-state index contributed by atoms with van der Waals surface area (Å²) >= 11 is 0. The zero-order valence-corrected chi connectivity index (χ0v) is 10.8. The van der Waals surface area contributed by atoms with Crippen LogP contribution in [0.15, 0.2) is 36.4 Å². The van der Waals surface area contributed by atoms with Crippen LogP contribution in [0.1, 0.15) is 42.9 Å². The Bertz CT molecular complexity index is 476. The van der Waals surface area contributed by atoms with E-state index in [2.05, 4.69) is 41.7 Å². The standard InChI is InChI=1S/C17H21N/c1-2-8-14-12(5-1)6-4-10-16(14)18-17-11-13-7-3-9-15(13)17/h1-3,5,8-9,13,15-18H,4,6-7,10-11H2. The van der Waals surface area contributed by atoms with Crippen molar-refractivity contribution in [1.82, 2.24) is 5.32 Å². The highest BCUT2D eigenvalue weighted by molar-refractivity contribution is 5.32. The van der Waals surface area contributed by atoms with E-state index >= 15 is 0 Å². The van der Waals surface area contributed by atoms with Crippen molar-refractivity contribution in [2.24, 2.45) is 11.8 Å². The van der Waals surface area contributed by atoms with Gasteiger partial charge in [0.1, 0.15) is 0 Å². The fourth-order valence-corrected chi connectivity index (χ4v) is 4.09. The van der Waals surface area contributed by atoms with Gasteiger partial charge in [-0.05, 0) is 55.1 Å². The molecule has 1 saturated carbocycles. The molecule has 1 fully saturated rings. The highest BCUT2D eigenvalue weighted by atomic mass is 15.0. The lowest BCUT2D eigenvalue weighted by atomic mass is 9.70. The van der Waals surface area contributed by atoms with Gasteiger partial charge in [0, 0.05) is 12.1 Å². The SMILES string of the molecule is C1=CC2C(C1)CC2NC1CCCc2ccccc21. The number of rotatable bonds is 2. The molecule has 1 aromatic rings. The lowest BCUT2D eigenvalue weighted by molar-refractivity contribution is 0.146. The van der Waals surface area contributed by atoms with E-state index in [1.165, 1.54) is 32.1 Å². The Labute approximate surface area is 109 Å². The van der Waals surface area contributed by atoms with Gasteiger partial charge in [-0.15, -0.1) is 0 Å². The van der Waals surface area contributed by atoms with Crippen molar-refractivity contribution in [3.05, 3.63) is 47.5 Å². The van der Waals surface area contributed by atoms with Crippen molar-refractivity contribution in [2.45, 2.75) is 44.2 Å². The van der Waals surface area contributed by atoms with Crippen molar-refractivity contribution >= 4 is 0 Å². The van der Waals surface area contributed by atoms with Crippen LogP contribution in [0.25, 0.3) is 0 Å². The molecule has 0 amide bonds. The van der Waals surface area contributed by atoms with Crippen molar-refractivity contribution in [2.75, 3.05) is 0 Å². The van der Waals surface area contributed by atoms with Crippen molar-refractivity contribution < 1.29 is 0 Å². The van der Waals surface area contributed by atoms with Gasteiger partial charge in [-0.1, -0.05) is 36.4 Å². The molecule has 4 rings (SSSR count). The van der Waals surface area contributed by atoms with Gasteiger partial charge in [0.2, 0.25) is 0 Å². The summed E-state index contributed by atoms with van der Waals surface area (Å²) in [6.07, 6.45) is 11.5. The molecule has 0 saturated heterocycles. The Hall–Kier alpha value is -1.08. The molecule has 3 aliphatic carbocycles. The van der Waals surface area contributed by atoms with E-state index in [1.807, 2.05) is 0 Å². The van der Waals surface area contributed by atoms with Gasteiger partial charge < -0.3 is 5.32 Å². The molecule has 0 radical (unpaired) electrons. The predicted molar refractivity (Wildman–Crippen MR) is 74.4 cm³/mol. The first-order valence-corrected chi connectivity index (χ1v) is 7.42. The summed E-state index contributed by atoms with van der Waals surface area (Å²) in [4.78, 5) is 0. The van der Waals surface area contributed by atoms with Crippen molar-refractivity contribution in [3.8, 4) is 0 Å². The number of hydrogen-bond acceptors (Lipinski definition) is 1. The molecule has 3 aliphatic rings. The van der Waals surface area contributed by atoms with Crippen LogP contribution < -0.4 is 5.32 Å². The van der Waals surface area contributed by atoms with Gasteiger partial charge in [0.15, 0.2) is 0 Å². The summed E-state index contributed by atoms with van der Waals surface area (Å²) in [6, 6.07) is 10.4. The molecule has 1 nitrogen and oxygen atoms in total. The number of aryl methyl sites for hydroxylation is 1. The number of hydrogen-bond donors (Lipinski definition) is 1. The normalized spacial score (nSPS) is 36.9. The molecule has 4 atom stereocenters. The minimum Gasteiger partial charge on any atom is -0.307 e. The second-order valence-corrected chi connectivity index (χ2v) is 6.15. The quantitative estimate of drug-likeness (QED) is 0.777. The molecule has 4 unspecified atom stereocenters. The molecule has 0 aromatic heterocycles. The van der Waals surface area contributed by atoms with E-state index in [9.17, 15) is 0 Å². The van der Waals surface area contributed by atoms with Gasteiger partial charge >= 0.3 is 0 Å². The molecular formula is C17H21N. The lowest BCUT2D eigenvalue weighted by Crippen LogP contribution is -2.49. The molecule has 0 aliphatic heterocycles. The minimum atomic E-state index is 0.606. The highest BCUT2D eigenvalue weighted by Gasteiger charge is 2.41. The monoisotopic (exact) mass is 239 g/mol. The predicted octanol–water partition coefficient (Wildman–Crippen LogP) is 3.62. The third kappa shape index (κ3) is 1.65. The summed E-state index contributed by atoms with van der Waals surface area (Å²) in [6.45, 7) is 0. The summed E-state index contributed by atoms with van der Waals surface area (Å²) in [5, 5.41) is 3.93. The van der Waals surface area contributed by atoms with E-state index in [0.717, 1.165) is 17.9 Å². The van der Waals surface area contributed by atoms with E-state index in [0.29, 0.717) is 6.04 Å². The maximum absolute atomic E-state index is 3.93. The highest BCUT2D eigenvalue weighted by Crippen LogP contribution is 2.44. The Balaban J connectivity index is 1.51. The van der Waals surface area contributed by atoms with Crippen LogP contribution in [0.2, 0.25) is 0 Å². The van der Waals surface area contributed by atoms with Crippen LogP contribution in [0.3, 0.4) is 0 Å². The largest absolute Gasteiger partial charge is 0.307 e. The van der Waals surface area contributed by atoms with Gasteiger partial charge in [-0.2, -0.15) is 0 Å². The molecule has 94 valence electrons. The zero-order valence-electron chi connectivity index (χ0n) is 10.8. The molecule has 1 aromatic carbocycles. The molecule has 18 heavy (non-hydrogen) atoms. The van der Waals surface area contributed by atoms with Crippen LogP contribution in [-0.2, 0) is 6.42 Å². The average Bonchev–Trinajstić information content (AvgIpc) is 2.77. The second-order valence-electron chi connectivity index (χ2n) is 6.15. The van der Waals surface area contributed by atoms with Crippen LogP contribution in [-0.4, -0.2) is 6.04 Å². The summed E-state index contributed by atoms with van der Waals surface area (Å²) in [7, 11) is 0.